The molecular weight excluding hydrogens is 182 g/mol. The molecule has 4 nitrogen and oxygen atoms in total. The zero-order valence-corrected chi connectivity index (χ0v) is 9.29. The Morgan fingerprint density at radius 1 is 1.36 bits per heavy atom. The van der Waals surface area contributed by atoms with E-state index in [4.69, 9.17) is 15.2 Å². The van der Waals surface area contributed by atoms with Crippen LogP contribution in [0.3, 0.4) is 0 Å². The smallest absolute Gasteiger partial charge is 0.313 e. The van der Waals surface area contributed by atoms with Gasteiger partial charge in [0.2, 0.25) is 0 Å². The van der Waals surface area contributed by atoms with Gasteiger partial charge < -0.3 is 15.2 Å². The molecule has 0 aromatic carbocycles. The Labute approximate surface area is 84.7 Å². The fourth-order valence-electron chi connectivity index (χ4n) is 0.844. The molecule has 4 heteroatoms. The van der Waals surface area contributed by atoms with Crippen LogP contribution in [0.5, 0.6) is 0 Å². The maximum absolute atomic E-state index is 11.8. The zero-order chi connectivity index (χ0) is 11.0. The van der Waals surface area contributed by atoms with E-state index in [2.05, 4.69) is 0 Å². The van der Waals surface area contributed by atoms with Crippen LogP contribution in [0.4, 0.5) is 0 Å². The molecule has 0 saturated carbocycles. The number of hydrogen-bond donors (Lipinski definition) is 1. The van der Waals surface area contributed by atoms with Gasteiger partial charge in [-0.3, -0.25) is 4.79 Å². The van der Waals surface area contributed by atoms with E-state index in [0.717, 1.165) is 0 Å². The molecule has 1 aliphatic rings. The van der Waals surface area contributed by atoms with Crippen LogP contribution < -0.4 is 5.73 Å². The molecule has 1 saturated heterocycles. The van der Waals surface area contributed by atoms with E-state index in [1.807, 2.05) is 13.8 Å². The van der Waals surface area contributed by atoms with Crippen LogP contribution in [-0.4, -0.2) is 30.8 Å². The van der Waals surface area contributed by atoms with Crippen LogP contribution in [-0.2, 0) is 14.3 Å². The summed E-state index contributed by atoms with van der Waals surface area (Å²) < 4.78 is 10.2. The van der Waals surface area contributed by atoms with E-state index in [0.29, 0.717) is 13.2 Å². The lowest BCUT2D eigenvalue weighted by molar-refractivity contribution is -0.184. The molecule has 0 unspecified atom stereocenters. The Morgan fingerprint density at radius 2 is 1.86 bits per heavy atom. The summed E-state index contributed by atoms with van der Waals surface area (Å²) in [5.74, 6) is -0.252. The third-order valence-corrected chi connectivity index (χ3v) is 3.00. The van der Waals surface area contributed by atoms with Crippen LogP contribution in [0.1, 0.15) is 27.7 Å². The van der Waals surface area contributed by atoms with Crippen LogP contribution in [0.25, 0.3) is 0 Å². The first-order valence-corrected chi connectivity index (χ1v) is 4.83. The van der Waals surface area contributed by atoms with Crippen LogP contribution in [0, 0.1) is 5.41 Å². The molecule has 0 radical (unpaired) electrons. The molecule has 14 heavy (non-hydrogen) atoms. The van der Waals surface area contributed by atoms with E-state index < -0.39 is 11.0 Å². The molecule has 0 spiro atoms. The average molecular weight is 201 g/mol. The molecule has 1 heterocycles. The van der Waals surface area contributed by atoms with Gasteiger partial charge in [0.25, 0.3) is 0 Å². The molecule has 0 aliphatic carbocycles. The van der Waals surface area contributed by atoms with Crippen molar-refractivity contribution in [2.45, 2.75) is 39.3 Å². The van der Waals surface area contributed by atoms with Crippen molar-refractivity contribution in [3.8, 4) is 0 Å². The van der Waals surface area contributed by atoms with Crippen molar-refractivity contribution >= 4 is 5.97 Å². The average Bonchev–Trinajstić information content (AvgIpc) is 1.93. The topological polar surface area (TPSA) is 61.6 Å². The van der Waals surface area contributed by atoms with Crippen molar-refractivity contribution < 1.29 is 14.3 Å². The monoisotopic (exact) mass is 201 g/mol. The second-order valence-electron chi connectivity index (χ2n) is 4.91. The van der Waals surface area contributed by atoms with Crippen molar-refractivity contribution in [2.75, 3.05) is 13.2 Å². The first-order chi connectivity index (χ1) is 6.25. The molecule has 82 valence electrons. The van der Waals surface area contributed by atoms with E-state index in [1.165, 1.54) is 0 Å². The van der Waals surface area contributed by atoms with Crippen molar-refractivity contribution in [2.24, 2.45) is 11.1 Å². The SMILES string of the molecule is CC(C)(N)C(C)(C)C(=O)OC1COC1. The van der Waals surface area contributed by atoms with Gasteiger partial charge in [0, 0.05) is 5.54 Å². The van der Waals surface area contributed by atoms with Gasteiger partial charge in [0.15, 0.2) is 0 Å². The summed E-state index contributed by atoms with van der Waals surface area (Å²) in [5.41, 5.74) is 4.65. The van der Waals surface area contributed by atoms with Gasteiger partial charge >= 0.3 is 5.97 Å². The fraction of sp³-hybridized carbons (Fsp3) is 0.900. The number of carbonyl (C=O) groups excluding carboxylic acids is 1. The van der Waals surface area contributed by atoms with Crippen molar-refractivity contribution in [1.82, 2.24) is 0 Å². The van der Waals surface area contributed by atoms with Gasteiger partial charge in [-0.1, -0.05) is 0 Å². The maximum Gasteiger partial charge on any atom is 0.313 e. The van der Waals surface area contributed by atoms with Crippen molar-refractivity contribution in [3.05, 3.63) is 0 Å². The first-order valence-electron chi connectivity index (χ1n) is 4.83. The van der Waals surface area contributed by atoms with Gasteiger partial charge in [-0.15, -0.1) is 0 Å². The highest BCUT2D eigenvalue weighted by molar-refractivity contribution is 5.77. The number of esters is 1. The normalized spacial score (nSPS) is 18.9. The third kappa shape index (κ3) is 2.07. The Bertz CT molecular complexity index is 226. The summed E-state index contributed by atoms with van der Waals surface area (Å²) >= 11 is 0. The van der Waals surface area contributed by atoms with Gasteiger partial charge in [-0.25, -0.2) is 0 Å². The highest BCUT2D eigenvalue weighted by atomic mass is 16.6. The molecule has 1 aliphatic heterocycles. The lowest BCUT2D eigenvalue weighted by Gasteiger charge is -2.38. The molecule has 0 aromatic rings. The van der Waals surface area contributed by atoms with E-state index in [1.54, 1.807) is 13.8 Å². The summed E-state index contributed by atoms with van der Waals surface area (Å²) in [6, 6.07) is 0. The highest BCUT2D eigenvalue weighted by Crippen LogP contribution is 2.30. The van der Waals surface area contributed by atoms with E-state index >= 15 is 0 Å². The fourth-order valence-corrected chi connectivity index (χ4v) is 0.844. The molecule has 1 fully saturated rings. The van der Waals surface area contributed by atoms with E-state index in [9.17, 15) is 4.79 Å². The maximum atomic E-state index is 11.8. The largest absolute Gasteiger partial charge is 0.457 e. The highest BCUT2D eigenvalue weighted by Gasteiger charge is 2.43. The third-order valence-electron chi connectivity index (χ3n) is 3.00. The summed E-state index contributed by atoms with van der Waals surface area (Å²) in [6.45, 7) is 8.26. The molecule has 1 rings (SSSR count). The Balaban J connectivity index is 2.57. The minimum atomic E-state index is -0.678. The van der Waals surface area contributed by atoms with Crippen LogP contribution in [0.2, 0.25) is 0 Å². The number of carbonyl (C=O) groups is 1. The summed E-state index contributed by atoms with van der Waals surface area (Å²) in [5, 5.41) is 0. The first kappa shape index (κ1) is 11.5. The Hall–Kier alpha value is -0.610. The van der Waals surface area contributed by atoms with Gasteiger partial charge in [0.05, 0.1) is 18.6 Å². The Kier molecular flexibility index (Phi) is 2.88. The number of nitrogens with two attached hydrogens (primary N) is 1. The standard InChI is InChI=1S/C10H19NO3/c1-9(2,10(3,4)11)8(12)14-7-5-13-6-7/h7H,5-6,11H2,1-4H3. The summed E-state index contributed by atoms with van der Waals surface area (Å²) in [4.78, 5) is 11.8. The number of ether oxygens (including phenoxy) is 2. The summed E-state index contributed by atoms with van der Waals surface area (Å²) in [7, 11) is 0. The molecule has 0 atom stereocenters. The van der Waals surface area contributed by atoms with Crippen molar-refractivity contribution in [1.29, 1.82) is 0 Å². The quantitative estimate of drug-likeness (QED) is 0.682. The summed E-state index contributed by atoms with van der Waals surface area (Å²) in [6.07, 6.45) is -0.0795. The molecule has 0 aromatic heterocycles. The lowest BCUT2D eigenvalue weighted by atomic mass is 9.75. The number of hydrogen-bond acceptors (Lipinski definition) is 4. The van der Waals surface area contributed by atoms with Gasteiger partial charge in [-0.2, -0.15) is 0 Å². The Morgan fingerprint density at radius 3 is 2.14 bits per heavy atom. The second-order valence-corrected chi connectivity index (χ2v) is 4.91. The van der Waals surface area contributed by atoms with Gasteiger partial charge in [0.1, 0.15) is 6.10 Å². The molecule has 0 bridgehead atoms. The van der Waals surface area contributed by atoms with Crippen LogP contribution in [0.15, 0.2) is 0 Å². The molecular formula is C10H19NO3. The minimum absolute atomic E-state index is 0.0795. The second kappa shape index (κ2) is 3.51. The lowest BCUT2D eigenvalue weighted by Crippen LogP contribution is -2.54. The predicted molar refractivity (Wildman–Crippen MR) is 52.7 cm³/mol. The predicted octanol–water partition coefficient (Wildman–Crippen LogP) is 0.692. The number of rotatable bonds is 3. The molecule has 2 N–H and O–H groups in total. The van der Waals surface area contributed by atoms with Crippen LogP contribution >= 0.6 is 0 Å². The molecule has 0 amide bonds. The minimum Gasteiger partial charge on any atom is -0.457 e. The zero-order valence-electron chi connectivity index (χ0n) is 9.29. The van der Waals surface area contributed by atoms with E-state index in [-0.39, 0.29) is 12.1 Å². The van der Waals surface area contributed by atoms with Gasteiger partial charge in [-0.05, 0) is 27.7 Å². The van der Waals surface area contributed by atoms with Crippen molar-refractivity contribution in [3.63, 3.8) is 0 Å².